The summed E-state index contributed by atoms with van der Waals surface area (Å²) in [6.07, 6.45) is 0. The van der Waals surface area contributed by atoms with Crippen molar-refractivity contribution in [2.45, 2.75) is 13.0 Å². The molecule has 1 atom stereocenters. The van der Waals surface area contributed by atoms with Crippen LogP contribution in [0.3, 0.4) is 0 Å². The fraction of sp³-hybridized carbons (Fsp3) is 0.360. The van der Waals surface area contributed by atoms with Crippen molar-refractivity contribution in [1.29, 1.82) is 0 Å². The number of benzene rings is 2. The standard InChI is InChI=1S/C25H30N2O6/c1-15-13-17(31-4)8-9-18(15)23(28)21-22(16-7-10-19(32-5)20(14-16)33-6)27(12-11-26(2)3)25(30)24(21)29/h7-10,13-14,22,28H,11-12H2,1-6H3/p+1/b23-21+/t22-/m1/s1. The lowest BCUT2D eigenvalue weighted by molar-refractivity contribution is -0.857. The highest BCUT2D eigenvalue weighted by molar-refractivity contribution is 6.46. The number of amides is 1. The first-order chi connectivity index (χ1) is 15.7. The van der Waals surface area contributed by atoms with E-state index in [4.69, 9.17) is 14.2 Å². The second-order valence-electron chi connectivity index (χ2n) is 8.24. The molecule has 0 aromatic heterocycles. The highest BCUT2D eigenvalue weighted by atomic mass is 16.5. The predicted molar refractivity (Wildman–Crippen MR) is 124 cm³/mol. The van der Waals surface area contributed by atoms with Gasteiger partial charge in [-0.05, 0) is 48.4 Å². The summed E-state index contributed by atoms with van der Waals surface area (Å²) in [7, 11) is 8.57. The molecule has 8 nitrogen and oxygen atoms in total. The van der Waals surface area contributed by atoms with Gasteiger partial charge in [-0.15, -0.1) is 0 Å². The van der Waals surface area contributed by atoms with Crippen LogP contribution in [0.1, 0.15) is 22.7 Å². The van der Waals surface area contributed by atoms with Crippen molar-refractivity contribution in [2.75, 3.05) is 48.5 Å². The van der Waals surface area contributed by atoms with Gasteiger partial charge in [0.05, 0.1) is 60.1 Å². The predicted octanol–water partition coefficient (Wildman–Crippen LogP) is 1.59. The Morgan fingerprint density at radius 2 is 1.70 bits per heavy atom. The summed E-state index contributed by atoms with van der Waals surface area (Å²) in [6, 6.07) is 9.65. The molecule has 2 aromatic rings. The maximum absolute atomic E-state index is 13.2. The number of hydrogen-bond acceptors (Lipinski definition) is 6. The van der Waals surface area contributed by atoms with E-state index in [1.165, 1.54) is 19.1 Å². The van der Waals surface area contributed by atoms with E-state index in [1.54, 1.807) is 43.5 Å². The fourth-order valence-corrected chi connectivity index (χ4v) is 4.00. The number of carbonyl (C=O) groups is 2. The van der Waals surface area contributed by atoms with E-state index in [1.807, 2.05) is 21.0 Å². The number of aryl methyl sites for hydroxylation is 1. The number of ether oxygens (including phenoxy) is 3. The van der Waals surface area contributed by atoms with Crippen molar-refractivity contribution in [1.82, 2.24) is 4.90 Å². The molecule has 176 valence electrons. The number of hydrogen-bond donors (Lipinski definition) is 2. The highest BCUT2D eigenvalue weighted by Gasteiger charge is 2.46. The minimum Gasteiger partial charge on any atom is -0.507 e. The van der Waals surface area contributed by atoms with Gasteiger partial charge in [-0.1, -0.05) is 6.07 Å². The van der Waals surface area contributed by atoms with Gasteiger partial charge in [0.15, 0.2) is 11.5 Å². The Kier molecular flexibility index (Phi) is 7.28. The molecule has 0 unspecified atom stereocenters. The van der Waals surface area contributed by atoms with Gasteiger partial charge in [-0.3, -0.25) is 9.59 Å². The van der Waals surface area contributed by atoms with Gasteiger partial charge in [-0.25, -0.2) is 0 Å². The molecule has 0 saturated carbocycles. The Balaban J connectivity index is 2.21. The van der Waals surface area contributed by atoms with Gasteiger partial charge in [0, 0.05) is 5.56 Å². The van der Waals surface area contributed by atoms with Gasteiger partial charge in [-0.2, -0.15) is 0 Å². The molecule has 1 heterocycles. The van der Waals surface area contributed by atoms with Crippen LogP contribution in [0.5, 0.6) is 17.2 Å². The maximum Gasteiger partial charge on any atom is 0.295 e. The monoisotopic (exact) mass is 455 g/mol. The molecular formula is C25H31N2O6+. The van der Waals surface area contributed by atoms with E-state index in [-0.39, 0.29) is 11.3 Å². The Morgan fingerprint density at radius 3 is 2.27 bits per heavy atom. The lowest BCUT2D eigenvalue weighted by atomic mass is 9.93. The normalized spacial score (nSPS) is 17.5. The van der Waals surface area contributed by atoms with Crippen molar-refractivity contribution in [3.63, 3.8) is 0 Å². The van der Waals surface area contributed by atoms with E-state index in [0.717, 1.165) is 10.5 Å². The summed E-state index contributed by atoms with van der Waals surface area (Å²) in [6.45, 7) is 2.80. The topological polar surface area (TPSA) is 89.7 Å². The third-order valence-corrected chi connectivity index (χ3v) is 5.80. The third kappa shape index (κ3) is 4.66. The zero-order chi connectivity index (χ0) is 24.3. The molecule has 1 aliphatic rings. The average molecular weight is 456 g/mol. The molecule has 8 heteroatoms. The number of rotatable bonds is 8. The van der Waals surface area contributed by atoms with Crippen LogP contribution in [0, 0.1) is 6.92 Å². The van der Waals surface area contributed by atoms with Crippen LogP contribution in [-0.4, -0.2) is 70.2 Å². The number of likely N-dealkylation sites (N-methyl/N-ethyl adjacent to an activating group) is 1. The van der Waals surface area contributed by atoms with Crippen LogP contribution in [0.15, 0.2) is 42.0 Å². The van der Waals surface area contributed by atoms with E-state index >= 15 is 0 Å². The van der Waals surface area contributed by atoms with Crippen molar-refractivity contribution >= 4 is 17.4 Å². The van der Waals surface area contributed by atoms with Crippen molar-refractivity contribution in [3.05, 3.63) is 58.7 Å². The van der Waals surface area contributed by atoms with E-state index in [9.17, 15) is 14.7 Å². The van der Waals surface area contributed by atoms with E-state index in [0.29, 0.717) is 41.5 Å². The Labute approximate surface area is 194 Å². The molecule has 1 amide bonds. The third-order valence-electron chi connectivity index (χ3n) is 5.80. The highest BCUT2D eigenvalue weighted by Crippen LogP contribution is 2.42. The molecule has 1 fully saturated rings. The van der Waals surface area contributed by atoms with Crippen molar-refractivity contribution in [2.24, 2.45) is 0 Å². The molecule has 0 radical (unpaired) electrons. The van der Waals surface area contributed by atoms with Crippen molar-refractivity contribution in [3.8, 4) is 17.2 Å². The van der Waals surface area contributed by atoms with Crippen LogP contribution in [0.2, 0.25) is 0 Å². The van der Waals surface area contributed by atoms with Gasteiger partial charge >= 0.3 is 0 Å². The molecule has 0 spiro atoms. The molecule has 1 aliphatic heterocycles. The second-order valence-corrected chi connectivity index (χ2v) is 8.24. The molecule has 1 saturated heterocycles. The van der Waals surface area contributed by atoms with Crippen LogP contribution >= 0.6 is 0 Å². The quantitative estimate of drug-likeness (QED) is 0.357. The molecule has 0 aliphatic carbocycles. The number of ketones is 1. The number of methoxy groups -OCH3 is 3. The number of Topliss-reactive ketones (excluding diaryl/α,β-unsaturated/α-hetero) is 1. The summed E-state index contributed by atoms with van der Waals surface area (Å²) in [4.78, 5) is 28.9. The minimum absolute atomic E-state index is 0.0502. The first kappa shape index (κ1) is 24.1. The number of carbonyl (C=O) groups excluding carboxylic acids is 2. The van der Waals surface area contributed by atoms with Gasteiger partial charge in [0.1, 0.15) is 11.5 Å². The van der Waals surface area contributed by atoms with Gasteiger partial charge < -0.3 is 29.1 Å². The summed E-state index contributed by atoms with van der Waals surface area (Å²) in [5.41, 5.74) is 1.89. The van der Waals surface area contributed by atoms with Gasteiger partial charge in [0.2, 0.25) is 0 Å². The zero-order valence-corrected chi connectivity index (χ0v) is 19.9. The lowest BCUT2D eigenvalue weighted by Gasteiger charge is -2.26. The lowest BCUT2D eigenvalue weighted by Crippen LogP contribution is -3.06. The number of aliphatic hydroxyl groups excluding tert-OH is 1. The Morgan fingerprint density at radius 1 is 1.00 bits per heavy atom. The fourth-order valence-electron chi connectivity index (χ4n) is 4.00. The molecule has 2 aromatic carbocycles. The van der Waals surface area contributed by atoms with Crippen LogP contribution in [0.25, 0.3) is 5.76 Å². The number of nitrogens with one attached hydrogen (secondary N) is 1. The maximum atomic E-state index is 13.2. The summed E-state index contributed by atoms with van der Waals surface area (Å²) in [5, 5.41) is 11.3. The molecule has 2 N–H and O–H groups in total. The number of aliphatic hydroxyl groups is 1. The van der Waals surface area contributed by atoms with Crippen LogP contribution < -0.4 is 19.1 Å². The number of quaternary nitrogens is 1. The van der Waals surface area contributed by atoms with Gasteiger partial charge in [0.25, 0.3) is 11.7 Å². The summed E-state index contributed by atoms with van der Waals surface area (Å²) >= 11 is 0. The molecule has 3 rings (SSSR count). The van der Waals surface area contributed by atoms with E-state index < -0.39 is 17.7 Å². The first-order valence-corrected chi connectivity index (χ1v) is 10.7. The zero-order valence-electron chi connectivity index (χ0n) is 19.9. The van der Waals surface area contributed by atoms with E-state index in [2.05, 4.69) is 0 Å². The van der Waals surface area contributed by atoms with Crippen LogP contribution in [-0.2, 0) is 9.59 Å². The molecule has 0 bridgehead atoms. The van der Waals surface area contributed by atoms with Crippen molar-refractivity contribution < 1.29 is 33.8 Å². The van der Waals surface area contributed by atoms with Crippen LogP contribution in [0.4, 0.5) is 0 Å². The average Bonchev–Trinajstić information content (AvgIpc) is 3.06. The smallest absolute Gasteiger partial charge is 0.295 e. The number of nitrogens with zero attached hydrogens (tertiary/aromatic N) is 1. The first-order valence-electron chi connectivity index (χ1n) is 10.7. The summed E-state index contributed by atoms with van der Waals surface area (Å²) in [5.74, 6) is 0.0734. The molecular weight excluding hydrogens is 424 g/mol. The minimum atomic E-state index is -0.759. The Hall–Kier alpha value is -3.52. The Bertz CT molecular complexity index is 1090. The summed E-state index contributed by atoms with van der Waals surface area (Å²) < 4.78 is 16.0. The molecule has 33 heavy (non-hydrogen) atoms. The SMILES string of the molecule is COc1ccc(/C(O)=C2\C(=O)C(=O)N(CC[NH+](C)C)[C@@H]2c2ccc(OC)c(OC)c2)c(C)c1. The second kappa shape index (κ2) is 9.95. The largest absolute Gasteiger partial charge is 0.507 e. The number of likely N-dealkylation sites (tertiary alicyclic amines) is 1.